The zero-order chi connectivity index (χ0) is 12.3. The van der Waals surface area contributed by atoms with Crippen LogP contribution < -0.4 is 5.32 Å². The average Bonchev–Trinajstić information content (AvgIpc) is 2.16. The lowest BCUT2D eigenvalue weighted by atomic mass is 9.78. The summed E-state index contributed by atoms with van der Waals surface area (Å²) in [6.07, 6.45) is 5.36. The van der Waals surface area contributed by atoms with Crippen LogP contribution in [0.3, 0.4) is 0 Å². The molecule has 1 nitrogen and oxygen atoms in total. The van der Waals surface area contributed by atoms with Gasteiger partial charge in [0, 0.05) is 5.54 Å². The summed E-state index contributed by atoms with van der Waals surface area (Å²) in [5.41, 5.74) is 3.38. The summed E-state index contributed by atoms with van der Waals surface area (Å²) < 4.78 is 0. The van der Waals surface area contributed by atoms with E-state index in [9.17, 15) is 0 Å². The molecule has 1 fully saturated rings. The van der Waals surface area contributed by atoms with Gasteiger partial charge in [-0.15, -0.1) is 0 Å². The van der Waals surface area contributed by atoms with Crippen molar-refractivity contribution < 1.29 is 0 Å². The molecule has 1 aliphatic rings. The van der Waals surface area contributed by atoms with Crippen LogP contribution in [-0.4, -0.2) is 12.1 Å². The predicted octanol–water partition coefficient (Wildman–Crippen LogP) is 3.88. The molecule has 0 radical (unpaired) electrons. The first-order valence-corrected chi connectivity index (χ1v) is 6.89. The molecule has 0 saturated heterocycles. The minimum Gasteiger partial charge on any atom is -0.312 e. The molecule has 1 aliphatic carbocycles. The fourth-order valence-corrected chi connectivity index (χ4v) is 2.45. The molecule has 2 rings (SSSR count). The molecule has 0 atom stereocenters. The van der Waals surface area contributed by atoms with Crippen LogP contribution in [-0.2, 0) is 6.42 Å². The lowest BCUT2D eigenvalue weighted by molar-refractivity contribution is 0.411. The second-order valence-electron chi connectivity index (χ2n) is 6.25. The molecule has 0 spiro atoms. The highest BCUT2D eigenvalue weighted by Crippen LogP contribution is 2.37. The maximum absolute atomic E-state index is 3.57. The number of nitrogens with one attached hydrogen (secondary N) is 1. The summed E-state index contributed by atoms with van der Waals surface area (Å²) in [4.78, 5) is 0. The molecular weight excluding hydrogens is 206 g/mol. The summed E-state index contributed by atoms with van der Waals surface area (Å²) in [5.74, 6) is 0.848. The standard InChI is InChI=1S/C16H25N/c1-16(2,3)17-12-11-14-7-4-5-10-15(14)13-8-6-9-13/h4-5,7,10,13,17H,6,8-9,11-12H2,1-3H3. The van der Waals surface area contributed by atoms with E-state index in [1.165, 1.54) is 19.3 Å². The summed E-state index contributed by atoms with van der Waals surface area (Å²) in [6.45, 7) is 7.76. The minimum atomic E-state index is 0.228. The molecule has 1 aromatic carbocycles. The van der Waals surface area contributed by atoms with Gasteiger partial charge in [0.15, 0.2) is 0 Å². The smallest absolute Gasteiger partial charge is 0.00966 e. The van der Waals surface area contributed by atoms with Crippen molar-refractivity contribution in [3.63, 3.8) is 0 Å². The third-order valence-electron chi connectivity index (χ3n) is 3.65. The van der Waals surface area contributed by atoms with E-state index >= 15 is 0 Å². The minimum absolute atomic E-state index is 0.228. The van der Waals surface area contributed by atoms with E-state index in [4.69, 9.17) is 0 Å². The van der Waals surface area contributed by atoms with Gasteiger partial charge in [-0.05, 0) is 63.6 Å². The molecule has 0 bridgehead atoms. The highest BCUT2D eigenvalue weighted by atomic mass is 14.9. The Bertz CT molecular complexity index is 358. The molecule has 1 heteroatoms. The van der Waals surface area contributed by atoms with Gasteiger partial charge in [0.2, 0.25) is 0 Å². The van der Waals surface area contributed by atoms with Gasteiger partial charge >= 0.3 is 0 Å². The molecule has 0 aliphatic heterocycles. The van der Waals surface area contributed by atoms with E-state index in [1.54, 1.807) is 11.1 Å². The Hall–Kier alpha value is -0.820. The Labute approximate surface area is 106 Å². The van der Waals surface area contributed by atoms with E-state index < -0.39 is 0 Å². The van der Waals surface area contributed by atoms with Crippen molar-refractivity contribution in [2.75, 3.05) is 6.54 Å². The van der Waals surface area contributed by atoms with E-state index in [0.717, 1.165) is 18.9 Å². The second kappa shape index (κ2) is 5.22. The van der Waals surface area contributed by atoms with Gasteiger partial charge in [-0.3, -0.25) is 0 Å². The van der Waals surface area contributed by atoms with Gasteiger partial charge in [-0.25, -0.2) is 0 Å². The Balaban J connectivity index is 1.95. The summed E-state index contributed by atoms with van der Waals surface area (Å²) in [6, 6.07) is 9.00. The maximum atomic E-state index is 3.57. The number of benzene rings is 1. The Kier molecular flexibility index (Phi) is 3.88. The van der Waals surface area contributed by atoms with Crippen molar-refractivity contribution in [3.05, 3.63) is 35.4 Å². The van der Waals surface area contributed by atoms with Gasteiger partial charge in [0.05, 0.1) is 0 Å². The lowest BCUT2D eigenvalue weighted by Gasteiger charge is -2.28. The second-order valence-corrected chi connectivity index (χ2v) is 6.25. The molecule has 0 amide bonds. The number of hydrogen-bond donors (Lipinski definition) is 1. The van der Waals surface area contributed by atoms with Gasteiger partial charge in [0.25, 0.3) is 0 Å². The van der Waals surface area contributed by atoms with Crippen LogP contribution in [0.2, 0.25) is 0 Å². The van der Waals surface area contributed by atoms with Gasteiger partial charge in [-0.2, -0.15) is 0 Å². The summed E-state index contributed by atoms with van der Waals surface area (Å²) >= 11 is 0. The topological polar surface area (TPSA) is 12.0 Å². The normalized spacial score (nSPS) is 16.9. The molecular formula is C16H25N. The largest absolute Gasteiger partial charge is 0.312 e. The average molecular weight is 231 g/mol. The van der Waals surface area contributed by atoms with Crippen molar-refractivity contribution in [1.82, 2.24) is 5.32 Å². The molecule has 1 aromatic rings. The van der Waals surface area contributed by atoms with Crippen LogP contribution in [0.15, 0.2) is 24.3 Å². The van der Waals surface area contributed by atoms with Crippen molar-refractivity contribution in [2.45, 2.75) is 57.9 Å². The van der Waals surface area contributed by atoms with E-state index in [1.807, 2.05) is 0 Å². The summed E-state index contributed by atoms with van der Waals surface area (Å²) in [7, 11) is 0. The van der Waals surface area contributed by atoms with E-state index in [0.29, 0.717) is 0 Å². The monoisotopic (exact) mass is 231 g/mol. The van der Waals surface area contributed by atoms with Gasteiger partial charge in [0.1, 0.15) is 0 Å². The van der Waals surface area contributed by atoms with E-state index in [2.05, 4.69) is 50.4 Å². The summed E-state index contributed by atoms with van der Waals surface area (Å²) in [5, 5.41) is 3.57. The van der Waals surface area contributed by atoms with Gasteiger partial charge < -0.3 is 5.32 Å². The predicted molar refractivity (Wildman–Crippen MR) is 74.5 cm³/mol. The van der Waals surface area contributed by atoms with Crippen LogP contribution in [0, 0.1) is 0 Å². The molecule has 0 heterocycles. The first kappa shape index (κ1) is 12.6. The zero-order valence-electron chi connectivity index (χ0n) is 11.4. The number of rotatable bonds is 4. The van der Waals surface area contributed by atoms with Crippen LogP contribution in [0.5, 0.6) is 0 Å². The van der Waals surface area contributed by atoms with Crippen LogP contribution in [0.1, 0.15) is 57.1 Å². The third kappa shape index (κ3) is 3.57. The first-order chi connectivity index (χ1) is 8.06. The Morgan fingerprint density at radius 2 is 1.88 bits per heavy atom. The number of hydrogen-bond acceptors (Lipinski definition) is 1. The fourth-order valence-electron chi connectivity index (χ4n) is 2.45. The Morgan fingerprint density at radius 1 is 1.18 bits per heavy atom. The molecule has 1 saturated carbocycles. The fraction of sp³-hybridized carbons (Fsp3) is 0.625. The SMILES string of the molecule is CC(C)(C)NCCc1ccccc1C1CCC1. The van der Waals surface area contributed by atoms with E-state index in [-0.39, 0.29) is 5.54 Å². The van der Waals surface area contributed by atoms with Crippen LogP contribution in [0.25, 0.3) is 0 Å². The Morgan fingerprint density at radius 3 is 2.47 bits per heavy atom. The van der Waals surface area contributed by atoms with Crippen molar-refractivity contribution in [3.8, 4) is 0 Å². The molecule has 0 aromatic heterocycles. The molecule has 0 unspecified atom stereocenters. The van der Waals surface area contributed by atoms with Crippen molar-refractivity contribution in [1.29, 1.82) is 0 Å². The quantitative estimate of drug-likeness (QED) is 0.829. The highest BCUT2D eigenvalue weighted by Gasteiger charge is 2.21. The van der Waals surface area contributed by atoms with Crippen molar-refractivity contribution >= 4 is 0 Å². The molecule has 17 heavy (non-hydrogen) atoms. The molecule has 1 N–H and O–H groups in total. The maximum Gasteiger partial charge on any atom is 0.00966 e. The third-order valence-corrected chi connectivity index (χ3v) is 3.65. The van der Waals surface area contributed by atoms with Crippen molar-refractivity contribution in [2.24, 2.45) is 0 Å². The van der Waals surface area contributed by atoms with Crippen LogP contribution in [0.4, 0.5) is 0 Å². The first-order valence-electron chi connectivity index (χ1n) is 6.89. The van der Waals surface area contributed by atoms with Gasteiger partial charge in [-0.1, -0.05) is 30.7 Å². The highest BCUT2D eigenvalue weighted by molar-refractivity contribution is 5.31. The lowest BCUT2D eigenvalue weighted by Crippen LogP contribution is -2.37. The van der Waals surface area contributed by atoms with Crippen LogP contribution >= 0.6 is 0 Å². The zero-order valence-corrected chi connectivity index (χ0v) is 11.4. The molecule has 94 valence electrons.